The van der Waals surface area contributed by atoms with Gasteiger partial charge in [-0.15, -0.1) is 0 Å². The zero-order valence-corrected chi connectivity index (χ0v) is 30.2. The van der Waals surface area contributed by atoms with Gasteiger partial charge in [0, 0.05) is 87.1 Å². The number of rotatable bonds is 10. The molecule has 2 fully saturated rings. The fourth-order valence-electron chi connectivity index (χ4n) is 6.44. The van der Waals surface area contributed by atoms with Gasteiger partial charge in [-0.3, -0.25) is 9.97 Å². The number of hydrogen-bond acceptors (Lipinski definition) is 13. The Bertz CT molecular complexity index is 1940. The molecule has 15 heteroatoms. The number of ether oxygens (including phenoxy) is 2. The maximum atomic E-state index is 13.5. The van der Waals surface area contributed by atoms with Gasteiger partial charge in [0.25, 0.3) is 0 Å². The molecule has 2 aliphatic heterocycles. The van der Waals surface area contributed by atoms with Gasteiger partial charge in [-0.1, -0.05) is 0 Å². The number of nitrogens with one attached hydrogen (secondary N) is 4. The Kier molecular flexibility index (Phi) is 9.71. The summed E-state index contributed by atoms with van der Waals surface area (Å²) < 4.78 is 26.3. The second-order valence-electron chi connectivity index (χ2n) is 12.4. The molecule has 1 spiro atoms. The lowest BCUT2D eigenvalue weighted by Crippen LogP contribution is -2.52. The Labute approximate surface area is 288 Å². The third kappa shape index (κ3) is 6.88. The first-order chi connectivity index (χ1) is 23.0. The SMILES string of the molecule is CN/C=C(\C=N)c1cc(Nc2ncc(Br)c(Nc3ccc4nccnc4c3P(C)(C)=O)n2)c(OC)cc1N1CCC2(CN(C)CCO2)C1. The Morgan fingerprint density at radius 3 is 2.67 bits per heavy atom. The average molecular weight is 736 g/mol. The van der Waals surface area contributed by atoms with Crippen LogP contribution in [0.2, 0.25) is 0 Å². The van der Waals surface area contributed by atoms with E-state index in [1.54, 1.807) is 39.0 Å². The monoisotopic (exact) mass is 734 g/mol. The van der Waals surface area contributed by atoms with Gasteiger partial charge in [-0.25, -0.2) is 4.98 Å². The Morgan fingerprint density at radius 2 is 1.94 bits per heavy atom. The van der Waals surface area contributed by atoms with Crippen LogP contribution >= 0.6 is 23.1 Å². The number of benzene rings is 2. The van der Waals surface area contributed by atoms with E-state index in [-0.39, 0.29) is 5.60 Å². The fraction of sp³-hybridized carbons (Fsp3) is 0.364. The fourth-order valence-corrected chi connectivity index (χ4v) is 8.13. The molecule has 252 valence electrons. The summed E-state index contributed by atoms with van der Waals surface area (Å²) in [7, 11) is 2.80. The van der Waals surface area contributed by atoms with E-state index in [9.17, 15) is 4.57 Å². The molecule has 6 rings (SSSR count). The molecular weight excluding hydrogens is 695 g/mol. The minimum Gasteiger partial charge on any atom is -0.494 e. The second-order valence-corrected chi connectivity index (χ2v) is 16.4. The van der Waals surface area contributed by atoms with Crippen molar-refractivity contribution in [2.24, 2.45) is 0 Å². The lowest BCUT2D eigenvalue weighted by atomic mass is 10.0. The molecule has 1 unspecified atom stereocenters. The number of aromatic nitrogens is 4. The van der Waals surface area contributed by atoms with Crippen molar-refractivity contribution in [1.29, 1.82) is 5.41 Å². The lowest BCUT2D eigenvalue weighted by molar-refractivity contribution is -0.0885. The Hall–Kier alpha value is -4.10. The van der Waals surface area contributed by atoms with Crippen LogP contribution in [0.3, 0.4) is 0 Å². The number of hydrogen-bond donors (Lipinski definition) is 4. The summed E-state index contributed by atoms with van der Waals surface area (Å²) in [5.74, 6) is 1.37. The number of methoxy groups -OCH3 is 1. The van der Waals surface area contributed by atoms with Gasteiger partial charge in [0.15, 0.2) is 0 Å². The predicted molar refractivity (Wildman–Crippen MR) is 197 cm³/mol. The van der Waals surface area contributed by atoms with Gasteiger partial charge in [0.2, 0.25) is 5.95 Å². The topological polar surface area (TPSA) is 154 Å². The maximum absolute atomic E-state index is 13.5. The number of nitrogens with zero attached hydrogens (tertiary/aromatic N) is 6. The van der Waals surface area contributed by atoms with Crippen LogP contribution in [0.5, 0.6) is 5.75 Å². The highest BCUT2D eigenvalue weighted by Crippen LogP contribution is 2.43. The van der Waals surface area contributed by atoms with Crippen molar-refractivity contribution in [1.82, 2.24) is 30.2 Å². The molecule has 0 saturated carbocycles. The number of allylic oxidation sites excluding steroid dienone is 1. The highest BCUT2D eigenvalue weighted by atomic mass is 79.9. The number of fused-ring (bicyclic) bond motifs is 1. The number of halogens is 1. The smallest absolute Gasteiger partial charge is 0.229 e. The van der Waals surface area contributed by atoms with Gasteiger partial charge in [0.1, 0.15) is 24.2 Å². The zero-order chi connectivity index (χ0) is 34.1. The minimum absolute atomic E-state index is 0.235. The van der Waals surface area contributed by atoms with Crippen LogP contribution in [0.15, 0.2) is 53.5 Å². The summed E-state index contributed by atoms with van der Waals surface area (Å²) in [6, 6.07) is 7.64. The summed E-state index contributed by atoms with van der Waals surface area (Å²) in [5, 5.41) is 18.6. The van der Waals surface area contributed by atoms with Crippen LogP contribution in [0.4, 0.5) is 28.8 Å². The van der Waals surface area contributed by atoms with E-state index < -0.39 is 7.14 Å². The van der Waals surface area contributed by atoms with Gasteiger partial charge in [-0.2, -0.15) is 4.98 Å². The third-order valence-corrected chi connectivity index (χ3v) is 10.7. The summed E-state index contributed by atoms with van der Waals surface area (Å²) in [5.41, 5.74) is 4.76. The van der Waals surface area contributed by atoms with Gasteiger partial charge < -0.3 is 45.2 Å². The minimum atomic E-state index is -2.78. The van der Waals surface area contributed by atoms with Crippen molar-refractivity contribution in [2.45, 2.75) is 12.0 Å². The Morgan fingerprint density at radius 1 is 1.12 bits per heavy atom. The van der Waals surface area contributed by atoms with E-state index in [1.165, 1.54) is 6.21 Å². The molecule has 1 atom stereocenters. The van der Waals surface area contributed by atoms with Crippen molar-refractivity contribution in [2.75, 3.05) is 82.9 Å². The molecule has 0 radical (unpaired) electrons. The molecule has 4 aromatic rings. The predicted octanol–water partition coefficient (Wildman–Crippen LogP) is 5.05. The number of morpholine rings is 1. The quantitative estimate of drug-likeness (QED) is 0.127. The molecule has 2 aliphatic rings. The average Bonchev–Trinajstić information content (AvgIpc) is 3.46. The van der Waals surface area contributed by atoms with Crippen molar-refractivity contribution in [3.8, 4) is 5.75 Å². The summed E-state index contributed by atoms with van der Waals surface area (Å²) >= 11 is 3.57. The first kappa shape index (κ1) is 33.8. The lowest BCUT2D eigenvalue weighted by Gasteiger charge is -2.39. The largest absolute Gasteiger partial charge is 0.494 e. The molecule has 2 saturated heterocycles. The van der Waals surface area contributed by atoms with Crippen LogP contribution < -0.4 is 30.9 Å². The van der Waals surface area contributed by atoms with E-state index in [0.29, 0.717) is 61.9 Å². The number of anilines is 5. The molecule has 2 aromatic heterocycles. The molecule has 4 N–H and O–H groups in total. The van der Waals surface area contributed by atoms with Crippen LogP contribution in [0, 0.1) is 5.41 Å². The van der Waals surface area contributed by atoms with Crippen molar-refractivity contribution in [3.05, 3.63) is 59.1 Å². The summed E-state index contributed by atoms with van der Waals surface area (Å²) in [6.45, 7) is 7.49. The maximum Gasteiger partial charge on any atom is 0.229 e. The third-order valence-electron chi connectivity index (χ3n) is 8.58. The standard InChI is InChI=1S/C33H40BrN10O3P/c1-36-17-21(16-35)22-14-26(28(46-3)15-27(22)44-11-8-33(20-44)19-43(2)12-13-47-33)41-32-39-18-23(34)31(42-32)40-25-7-6-24-29(38-10-9-37-24)30(25)48(4,5)45/h6-7,9-10,14-18,35-36H,8,11-13,19-20H2,1-5H3,(H2,39,40,41,42)/b21-17+,35-16?. The van der Waals surface area contributed by atoms with E-state index in [1.807, 2.05) is 37.5 Å². The first-order valence-corrected chi connectivity index (χ1v) is 19.0. The summed E-state index contributed by atoms with van der Waals surface area (Å²) in [6.07, 6.45) is 8.92. The van der Waals surface area contributed by atoms with Gasteiger partial charge >= 0.3 is 0 Å². The highest BCUT2D eigenvalue weighted by Gasteiger charge is 2.42. The first-order valence-electron chi connectivity index (χ1n) is 15.6. The zero-order valence-electron chi connectivity index (χ0n) is 27.7. The molecule has 13 nitrogen and oxygen atoms in total. The molecule has 48 heavy (non-hydrogen) atoms. The highest BCUT2D eigenvalue weighted by molar-refractivity contribution is 9.10. The molecule has 0 aliphatic carbocycles. The van der Waals surface area contributed by atoms with Crippen molar-refractivity contribution < 1.29 is 14.0 Å². The van der Waals surface area contributed by atoms with Gasteiger partial charge in [0.05, 0.1) is 46.0 Å². The summed E-state index contributed by atoms with van der Waals surface area (Å²) in [4.78, 5) is 22.8. The van der Waals surface area contributed by atoms with Crippen LogP contribution in [0.25, 0.3) is 16.6 Å². The van der Waals surface area contributed by atoms with Crippen molar-refractivity contribution in [3.63, 3.8) is 0 Å². The molecule has 0 bridgehead atoms. The molecule has 2 aromatic carbocycles. The van der Waals surface area contributed by atoms with Crippen molar-refractivity contribution >= 4 is 80.0 Å². The Balaban J connectivity index is 1.36. The van der Waals surface area contributed by atoms with E-state index in [4.69, 9.17) is 19.9 Å². The van der Waals surface area contributed by atoms with Crippen LogP contribution in [0.1, 0.15) is 12.0 Å². The van der Waals surface area contributed by atoms with E-state index in [0.717, 1.165) is 43.9 Å². The van der Waals surface area contributed by atoms with Crippen LogP contribution in [-0.4, -0.2) is 104 Å². The van der Waals surface area contributed by atoms with Gasteiger partial charge in [-0.05, 0) is 60.9 Å². The molecule has 0 amide bonds. The number of likely N-dealkylation sites (N-methyl/N-ethyl adjacent to an activating group) is 1. The normalized spacial score (nSPS) is 18.7. The van der Waals surface area contributed by atoms with Crippen LogP contribution in [-0.2, 0) is 9.30 Å². The van der Waals surface area contributed by atoms with E-state index in [2.05, 4.69) is 63.7 Å². The molecular formula is C33H40BrN10O3P. The molecule has 4 heterocycles. The second kappa shape index (κ2) is 13.8. The van der Waals surface area contributed by atoms with E-state index >= 15 is 0 Å².